The number of anilines is 2. The molecule has 1 fully saturated rings. The normalized spacial score (nSPS) is 14.2. The number of pyridine rings is 1. The number of halogens is 2. The predicted octanol–water partition coefficient (Wildman–Crippen LogP) is 4.15. The number of benzene rings is 2. The summed E-state index contributed by atoms with van der Waals surface area (Å²) in [6, 6.07) is 14.5. The molecule has 4 rings (SSSR count). The smallest absolute Gasteiger partial charge is 0.339 e. The van der Waals surface area contributed by atoms with Gasteiger partial charge in [0.05, 0.1) is 22.5 Å². The monoisotopic (exact) mass is 468 g/mol. The molecule has 0 radical (unpaired) electrons. The third kappa shape index (κ3) is 5.47. The van der Waals surface area contributed by atoms with Crippen molar-refractivity contribution in [3.05, 3.63) is 88.3 Å². The largest absolute Gasteiger partial charge is 0.478 e. The van der Waals surface area contributed by atoms with E-state index in [-0.39, 0.29) is 22.6 Å². The van der Waals surface area contributed by atoms with Crippen molar-refractivity contribution in [2.45, 2.75) is 6.54 Å². The number of rotatable bonds is 6. The molecule has 1 saturated heterocycles. The van der Waals surface area contributed by atoms with Gasteiger partial charge in [0.2, 0.25) is 0 Å². The second-order valence-corrected chi connectivity index (χ2v) is 8.13. The quantitative estimate of drug-likeness (QED) is 0.565. The van der Waals surface area contributed by atoms with E-state index in [1.807, 2.05) is 11.0 Å². The lowest BCUT2D eigenvalue weighted by atomic mass is 10.1. The number of piperazine rings is 1. The zero-order valence-electron chi connectivity index (χ0n) is 17.7. The molecule has 0 atom stereocenters. The molecule has 0 spiro atoms. The first-order valence-electron chi connectivity index (χ1n) is 10.4. The second kappa shape index (κ2) is 9.97. The average molecular weight is 469 g/mol. The highest BCUT2D eigenvalue weighted by Gasteiger charge is 2.24. The van der Waals surface area contributed by atoms with E-state index in [1.54, 1.807) is 30.3 Å². The Morgan fingerprint density at radius 2 is 1.79 bits per heavy atom. The van der Waals surface area contributed by atoms with Crippen LogP contribution < -0.4 is 10.2 Å². The van der Waals surface area contributed by atoms with Gasteiger partial charge in [-0.05, 0) is 35.9 Å². The standard InChI is InChI=1S/C24H22ClFN4O3/c25-21-7-2-1-6-19(21)23(31)28-18-13-20(24(32)33)22(27-14-18)30-10-8-29(9-11-30)15-16-4-3-5-17(26)12-16/h1-7,12-14H,8-11,15H2,(H,28,31)(H,32,33). The van der Waals surface area contributed by atoms with Crippen LogP contribution in [-0.2, 0) is 6.54 Å². The van der Waals surface area contributed by atoms with Crippen molar-refractivity contribution in [3.8, 4) is 0 Å². The van der Waals surface area contributed by atoms with E-state index < -0.39 is 11.9 Å². The maximum atomic E-state index is 13.4. The first-order chi connectivity index (χ1) is 15.9. The number of carbonyl (C=O) groups is 2. The Morgan fingerprint density at radius 1 is 1.03 bits per heavy atom. The maximum Gasteiger partial charge on any atom is 0.339 e. The van der Waals surface area contributed by atoms with Crippen LogP contribution in [0.3, 0.4) is 0 Å². The van der Waals surface area contributed by atoms with Crippen molar-refractivity contribution >= 4 is 35.0 Å². The number of nitrogens with zero attached hydrogens (tertiary/aromatic N) is 3. The van der Waals surface area contributed by atoms with Crippen LogP contribution in [0.25, 0.3) is 0 Å². The van der Waals surface area contributed by atoms with Crippen molar-refractivity contribution in [2.24, 2.45) is 0 Å². The second-order valence-electron chi connectivity index (χ2n) is 7.73. The number of amides is 1. The number of aromatic nitrogens is 1. The number of carboxylic acids is 1. The van der Waals surface area contributed by atoms with Gasteiger partial charge in [0.1, 0.15) is 17.2 Å². The molecule has 170 valence electrons. The van der Waals surface area contributed by atoms with Crippen LogP contribution in [0.2, 0.25) is 5.02 Å². The zero-order valence-corrected chi connectivity index (χ0v) is 18.4. The summed E-state index contributed by atoms with van der Waals surface area (Å²) in [6.07, 6.45) is 1.44. The lowest BCUT2D eigenvalue weighted by Gasteiger charge is -2.36. The molecule has 1 aliphatic heterocycles. The van der Waals surface area contributed by atoms with Gasteiger partial charge in [0.25, 0.3) is 5.91 Å². The van der Waals surface area contributed by atoms with Gasteiger partial charge in [0.15, 0.2) is 0 Å². The van der Waals surface area contributed by atoms with Gasteiger partial charge < -0.3 is 15.3 Å². The minimum atomic E-state index is -1.13. The van der Waals surface area contributed by atoms with Crippen molar-refractivity contribution in [2.75, 3.05) is 36.4 Å². The van der Waals surface area contributed by atoms with Gasteiger partial charge in [0, 0.05) is 32.7 Å². The first-order valence-corrected chi connectivity index (χ1v) is 10.8. The molecule has 33 heavy (non-hydrogen) atoms. The molecular weight excluding hydrogens is 447 g/mol. The van der Waals surface area contributed by atoms with Crippen LogP contribution in [0.4, 0.5) is 15.9 Å². The lowest BCUT2D eigenvalue weighted by molar-refractivity contribution is 0.0696. The molecule has 2 N–H and O–H groups in total. The molecule has 9 heteroatoms. The Hall–Kier alpha value is -3.49. The predicted molar refractivity (Wildman–Crippen MR) is 124 cm³/mol. The maximum absolute atomic E-state index is 13.4. The average Bonchev–Trinajstić information content (AvgIpc) is 2.80. The highest BCUT2D eigenvalue weighted by Crippen LogP contribution is 2.24. The third-order valence-electron chi connectivity index (χ3n) is 5.44. The number of carbonyl (C=O) groups excluding carboxylic acids is 1. The van der Waals surface area contributed by atoms with E-state index in [9.17, 15) is 19.1 Å². The first kappa shape index (κ1) is 22.7. The minimum Gasteiger partial charge on any atom is -0.478 e. The Balaban J connectivity index is 1.44. The fourth-order valence-electron chi connectivity index (χ4n) is 3.79. The van der Waals surface area contributed by atoms with Crippen LogP contribution in [0, 0.1) is 5.82 Å². The van der Waals surface area contributed by atoms with Crippen LogP contribution in [0.5, 0.6) is 0 Å². The summed E-state index contributed by atoms with van der Waals surface area (Å²) in [7, 11) is 0. The van der Waals surface area contributed by atoms with Crippen LogP contribution in [0.1, 0.15) is 26.3 Å². The Morgan fingerprint density at radius 3 is 2.48 bits per heavy atom. The van der Waals surface area contributed by atoms with Crippen LogP contribution in [0.15, 0.2) is 60.8 Å². The Kier molecular flexibility index (Phi) is 6.86. The summed E-state index contributed by atoms with van der Waals surface area (Å²) in [5.41, 5.74) is 1.46. The van der Waals surface area contributed by atoms with Gasteiger partial charge >= 0.3 is 5.97 Å². The highest BCUT2D eigenvalue weighted by atomic mass is 35.5. The molecule has 0 aliphatic carbocycles. The Bertz CT molecular complexity index is 1180. The molecule has 1 aliphatic rings. The van der Waals surface area contributed by atoms with Crippen molar-refractivity contribution < 1.29 is 19.1 Å². The molecular formula is C24H22ClFN4O3. The van der Waals surface area contributed by atoms with Gasteiger partial charge in [-0.25, -0.2) is 14.2 Å². The molecule has 0 saturated carbocycles. The molecule has 0 bridgehead atoms. The highest BCUT2D eigenvalue weighted by molar-refractivity contribution is 6.34. The van der Waals surface area contributed by atoms with E-state index in [1.165, 1.54) is 24.4 Å². The summed E-state index contributed by atoms with van der Waals surface area (Å²) in [5, 5.41) is 12.7. The van der Waals surface area contributed by atoms with E-state index in [2.05, 4.69) is 15.2 Å². The van der Waals surface area contributed by atoms with Crippen molar-refractivity contribution in [1.82, 2.24) is 9.88 Å². The minimum absolute atomic E-state index is 0.00513. The summed E-state index contributed by atoms with van der Waals surface area (Å²) < 4.78 is 13.4. The van der Waals surface area contributed by atoms with E-state index >= 15 is 0 Å². The zero-order chi connectivity index (χ0) is 23.4. The molecule has 2 aromatic carbocycles. The fourth-order valence-corrected chi connectivity index (χ4v) is 4.01. The molecule has 0 unspecified atom stereocenters. The summed E-state index contributed by atoms with van der Waals surface area (Å²) in [5.74, 6) is -1.49. The summed E-state index contributed by atoms with van der Waals surface area (Å²) in [6.45, 7) is 3.14. The molecule has 1 amide bonds. The number of hydrogen-bond acceptors (Lipinski definition) is 5. The van der Waals surface area contributed by atoms with Crippen molar-refractivity contribution in [3.63, 3.8) is 0 Å². The van der Waals surface area contributed by atoms with Gasteiger partial charge in [-0.2, -0.15) is 0 Å². The molecule has 2 heterocycles. The van der Waals surface area contributed by atoms with E-state index in [0.717, 1.165) is 5.56 Å². The number of aromatic carboxylic acids is 1. The number of carboxylic acid groups (broad SMARTS) is 1. The molecule has 7 nitrogen and oxygen atoms in total. The Labute approximate surface area is 195 Å². The number of hydrogen-bond donors (Lipinski definition) is 2. The van der Waals surface area contributed by atoms with Gasteiger partial charge in [-0.1, -0.05) is 35.9 Å². The fraction of sp³-hybridized carbons (Fsp3) is 0.208. The van der Waals surface area contributed by atoms with Crippen LogP contribution >= 0.6 is 11.6 Å². The van der Waals surface area contributed by atoms with Gasteiger partial charge in [-0.3, -0.25) is 9.69 Å². The summed E-state index contributed by atoms with van der Waals surface area (Å²) in [4.78, 5) is 32.9. The van der Waals surface area contributed by atoms with Gasteiger partial charge in [-0.15, -0.1) is 0 Å². The molecule has 3 aromatic rings. The summed E-state index contributed by atoms with van der Waals surface area (Å²) >= 11 is 6.06. The van der Waals surface area contributed by atoms with E-state index in [4.69, 9.17) is 11.6 Å². The van der Waals surface area contributed by atoms with Crippen molar-refractivity contribution in [1.29, 1.82) is 0 Å². The third-order valence-corrected chi connectivity index (χ3v) is 5.77. The lowest BCUT2D eigenvalue weighted by Crippen LogP contribution is -2.46. The number of nitrogens with one attached hydrogen (secondary N) is 1. The molecule has 1 aromatic heterocycles. The van der Waals surface area contributed by atoms with Crippen LogP contribution in [-0.4, -0.2) is 53.0 Å². The SMILES string of the molecule is O=C(Nc1cnc(N2CCN(Cc3cccc(F)c3)CC2)c(C(=O)O)c1)c1ccccc1Cl. The topological polar surface area (TPSA) is 85.8 Å². The van der Waals surface area contributed by atoms with E-state index in [0.29, 0.717) is 43.6 Å².